The van der Waals surface area contributed by atoms with Crippen molar-refractivity contribution in [2.75, 3.05) is 0 Å². The van der Waals surface area contributed by atoms with Gasteiger partial charge in [-0.05, 0) is 25.7 Å². The van der Waals surface area contributed by atoms with Crippen molar-refractivity contribution in [3.63, 3.8) is 0 Å². The molecule has 0 spiro atoms. The molecular weight excluding hydrogens is 368 g/mol. The number of aliphatic carboxylic acids is 2. The maximum atomic E-state index is 10.7. The summed E-state index contributed by atoms with van der Waals surface area (Å²) in [5, 5.41) is 21.5. The number of rotatable bonds is 12. The molecule has 0 amide bonds. The van der Waals surface area contributed by atoms with Crippen molar-refractivity contribution in [2.45, 2.75) is 106 Å². The molecule has 0 rings (SSSR count). The number of carbonyl (C=O) groups excluding carboxylic acids is 2. The Morgan fingerprint density at radius 1 is 0.680 bits per heavy atom. The number of carbonyl (C=O) groups is 2. The number of carboxylic acids is 2. The summed E-state index contributed by atoms with van der Waals surface area (Å²) < 4.78 is 0. The maximum Gasteiger partial charge on any atom is 2.00 e. The molecule has 0 aromatic rings. The minimum absolute atomic E-state index is 0. The summed E-state index contributed by atoms with van der Waals surface area (Å²) in [6, 6.07) is 0. The van der Waals surface area contributed by atoms with Crippen LogP contribution >= 0.6 is 0 Å². The molecule has 0 heterocycles. The largest absolute Gasteiger partial charge is 2.00 e. The second kappa shape index (κ2) is 15.7. The Labute approximate surface area is 165 Å². The van der Waals surface area contributed by atoms with Gasteiger partial charge >= 0.3 is 17.1 Å². The average Bonchev–Trinajstić information content (AvgIpc) is 2.55. The number of unbranched alkanes of at least 4 members (excludes halogenated alkanes) is 4. The van der Waals surface area contributed by atoms with Crippen LogP contribution in [0.1, 0.15) is 106 Å². The predicted molar refractivity (Wildman–Crippen MR) is 95.1 cm³/mol. The van der Waals surface area contributed by atoms with Gasteiger partial charge in [-0.25, -0.2) is 0 Å². The van der Waals surface area contributed by atoms with Crippen LogP contribution in [0.4, 0.5) is 0 Å². The quantitative estimate of drug-likeness (QED) is 0.367. The van der Waals surface area contributed by atoms with Crippen LogP contribution in [0, 0.1) is 10.8 Å². The molecule has 1 radical (unpaired) electrons. The Morgan fingerprint density at radius 3 is 1.12 bits per heavy atom. The smallest absolute Gasteiger partial charge is 0.550 e. The van der Waals surface area contributed by atoms with Crippen molar-refractivity contribution in [1.29, 1.82) is 0 Å². The van der Waals surface area contributed by atoms with Crippen LogP contribution in [0.3, 0.4) is 0 Å². The van der Waals surface area contributed by atoms with E-state index in [0.717, 1.165) is 51.4 Å². The van der Waals surface area contributed by atoms with Gasteiger partial charge in [-0.15, -0.1) is 0 Å². The van der Waals surface area contributed by atoms with Gasteiger partial charge in [0, 0.05) is 22.8 Å². The van der Waals surface area contributed by atoms with E-state index in [2.05, 4.69) is 13.8 Å². The minimum atomic E-state index is -0.902. The first-order chi connectivity index (χ1) is 11.1. The molecule has 0 saturated heterocycles. The molecule has 0 fully saturated rings. The summed E-state index contributed by atoms with van der Waals surface area (Å²) >= 11 is 0. The Bertz CT molecular complexity index is 326. The molecular formula is C20H38CuO4. The number of hydrogen-bond acceptors (Lipinski definition) is 4. The van der Waals surface area contributed by atoms with E-state index in [1.165, 1.54) is 0 Å². The Hall–Kier alpha value is -0.541. The van der Waals surface area contributed by atoms with Crippen LogP contribution in [-0.2, 0) is 26.7 Å². The fourth-order valence-corrected chi connectivity index (χ4v) is 2.38. The molecule has 153 valence electrons. The Balaban J connectivity index is -0.000000372. The molecule has 2 unspecified atom stereocenters. The molecule has 0 aliphatic carbocycles. The molecule has 0 N–H and O–H groups in total. The number of hydrogen-bond donors (Lipinski definition) is 0. The van der Waals surface area contributed by atoms with E-state index in [9.17, 15) is 19.8 Å². The third-order valence-electron chi connectivity index (χ3n) is 5.21. The van der Waals surface area contributed by atoms with E-state index in [-0.39, 0.29) is 17.1 Å². The van der Waals surface area contributed by atoms with Crippen molar-refractivity contribution < 1.29 is 36.9 Å². The molecule has 0 aromatic carbocycles. The second-order valence-corrected chi connectivity index (χ2v) is 7.32. The van der Waals surface area contributed by atoms with Crippen LogP contribution in [-0.4, -0.2) is 11.9 Å². The summed E-state index contributed by atoms with van der Waals surface area (Å²) in [4.78, 5) is 21.5. The first-order valence-electron chi connectivity index (χ1n) is 9.56. The molecule has 25 heavy (non-hydrogen) atoms. The van der Waals surface area contributed by atoms with Gasteiger partial charge in [0.25, 0.3) is 0 Å². The standard InChI is InChI=1S/2C10H20O2.Cu/c2*1-4-6-7-8-10(3,5-2)9(11)12;/h2*4-8H2,1-3H3,(H,11,12);/q;;+2/p-2. The van der Waals surface area contributed by atoms with Crippen LogP contribution < -0.4 is 10.2 Å². The van der Waals surface area contributed by atoms with Gasteiger partial charge < -0.3 is 19.8 Å². The SMILES string of the molecule is CCCCCC(C)(CC)C(=O)[O-].CCCCCC(C)(CC)C(=O)[O-].[Cu+2]. The van der Waals surface area contributed by atoms with Gasteiger partial charge in [0.05, 0.1) is 0 Å². The molecule has 2 atom stereocenters. The summed E-state index contributed by atoms with van der Waals surface area (Å²) in [5.74, 6) is -1.80. The van der Waals surface area contributed by atoms with Crippen LogP contribution in [0.5, 0.6) is 0 Å². The van der Waals surface area contributed by atoms with Gasteiger partial charge in [0.1, 0.15) is 0 Å². The van der Waals surface area contributed by atoms with E-state index in [0.29, 0.717) is 12.8 Å². The van der Waals surface area contributed by atoms with Crippen LogP contribution in [0.2, 0.25) is 0 Å². The average molecular weight is 406 g/mol. The van der Waals surface area contributed by atoms with Crippen LogP contribution in [0.15, 0.2) is 0 Å². The van der Waals surface area contributed by atoms with Gasteiger partial charge in [0.15, 0.2) is 0 Å². The van der Waals surface area contributed by atoms with E-state index in [4.69, 9.17) is 0 Å². The Morgan fingerprint density at radius 2 is 0.960 bits per heavy atom. The van der Waals surface area contributed by atoms with E-state index in [1.807, 2.05) is 13.8 Å². The van der Waals surface area contributed by atoms with Crippen molar-refractivity contribution in [1.82, 2.24) is 0 Å². The van der Waals surface area contributed by atoms with E-state index < -0.39 is 22.8 Å². The summed E-state index contributed by atoms with van der Waals surface area (Å²) in [5.41, 5.74) is -1.20. The van der Waals surface area contributed by atoms with E-state index >= 15 is 0 Å². The first kappa shape index (κ1) is 29.2. The van der Waals surface area contributed by atoms with Crippen molar-refractivity contribution >= 4 is 11.9 Å². The fourth-order valence-electron chi connectivity index (χ4n) is 2.38. The fraction of sp³-hybridized carbons (Fsp3) is 0.900. The van der Waals surface area contributed by atoms with Gasteiger partial charge in [0.2, 0.25) is 0 Å². The van der Waals surface area contributed by atoms with E-state index in [1.54, 1.807) is 13.8 Å². The molecule has 0 aromatic heterocycles. The third kappa shape index (κ3) is 12.4. The van der Waals surface area contributed by atoms with Gasteiger partial charge in [-0.1, -0.05) is 80.1 Å². The van der Waals surface area contributed by atoms with Gasteiger partial charge in [-0.2, -0.15) is 0 Å². The third-order valence-corrected chi connectivity index (χ3v) is 5.21. The minimum Gasteiger partial charge on any atom is -0.550 e. The van der Waals surface area contributed by atoms with Crippen molar-refractivity contribution in [3.8, 4) is 0 Å². The maximum absolute atomic E-state index is 10.7. The monoisotopic (exact) mass is 405 g/mol. The Kier molecular flexibility index (Phi) is 18.4. The first-order valence-corrected chi connectivity index (χ1v) is 9.56. The van der Waals surface area contributed by atoms with Crippen LogP contribution in [0.25, 0.3) is 0 Å². The van der Waals surface area contributed by atoms with Crippen molar-refractivity contribution in [3.05, 3.63) is 0 Å². The predicted octanol–water partition coefficient (Wildman–Crippen LogP) is 3.46. The summed E-state index contributed by atoms with van der Waals surface area (Å²) in [7, 11) is 0. The molecule has 0 aliphatic rings. The molecule has 5 heteroatoms. The zero-order valence-corrected chi connectivity index (χ0v) is 17.9. The van der Waals surface area contributed by atoms with Crippen molar-refractivity contribution in [2.24, 2.45) is 10.8 Å². The normalized spacial score (nSPS) is 15.0. The topological polar surface area (TPSA) is 80.3 Å². The zero-order valence-electron chi connectivity index (χ0n) is 17.0. The molecule has 4 nitrogen and oxygen atoms in total. The molecule has 0 aliphatic heterocycles. The van der Waals surface area contributed by atoms with Gasteiger partial charge in [-0.3, -0.25) is 0 Å². The second-order valence-electron chi connectivity index (χ2n) is 7.32. The summed E-state index contributed by atoms with van der Waals surface area (Å²) in [6.07, 6.45) is 9.31. The number of carboxylic acid groups (broad SMARTS) is 2. The molecule has 0 bridgehead atoms. The molecule has 0 saturated carbocycles. The summed E-state index contributed by atoms with van der Waals surface area (Å²) in [6.45, 7) is 11.6. The zero-order chi connectivity index (χ0) is 19.2.